The maximum atomic E-state index is 13.9. The third-order valence-corrected chi connectivity index (χ3v) is 17.1. The molecule has 0 aliphatic heterocycles. The molecule has 8 atom stereocenters. The van der Waals surface area contributed by atoms with Crippen LogP contribution in [0.1, 0.15) is 203 Å². The van der Waals surface area contributed by atoms with Crippen LogP contribution >= 0.6 is 0 Å². The number of hydrogen-bond acceptors (Lipinski definition) is 2. The number of halogens is 3. The molecule has 0 N–H and O–H groups in total. The lowest BCUT2D eigenvalue weighted by atomic mass is 9.33. The Morgan fingerprint density at radius 3 is 1.92 bits per heavy atom. The Balaban J connectivity index is 1.26. The number of hydrogen-bond donors (Lipinski definition) is 0. The smallest absolute Gasteiger partial charge is 0.299 e. The van der Waals surface area contributed by atoms with Crippen LogP contribution in [-0.2, 0) is 9.59 Å². The maximum absolute atomic E-state index is 13.9. The van der Waals surface area contributed by atoms with Crippen molar-refractivity contribution in [3.63, 3.8) is 0 Å². The van der Waals surface area contributed by atoms with Crippen molar-refractivity contribution < 1.29 is 22.8 Å². The summed E-state index contributed by atoms with van der Waals surface area (Å²) in [4.78, 5) is 26.5. The van der Waals surface area contributed by atoms with Crippen molar-refractivity contribution in [2.45, 2.75) is 209 Å². The lowest BCUT2D eigenvalue weighted by molar-refractivity contribution is -0.196. The first-order valence-electron chi connectivity index (χ1n) is 21.6. The molecule has 0 heterocycles. The van der Waals surface area contributed by atoms with Crippen LogP contribution in [0.15, 0.2) is 11.6 Å². The van der Waals surface area contributed by atoms with Gasteiger partial charge in [-0.3, -0.25) is 9.59 Å². The van der Waals surface area contributed by atoms with Crippen LogP contribution in [-0.4, -0.2) is 17.7 Å². The zero-order valence-corrected chi connectivity index (χ0v) is 34.1. The van der Waals surface area contributed by atoms with Crippen molar-refractivity contribution in [1.29, 1.82) is 0 Å². The van der Waals surface area contributed by atoms with Crippen molar-refractivity contribution >= 4 is 11.6 Å². The molecule has 4 saturated carbocycles. The fourth-order valence-corrected chi connectivity index (χ4v) is 13.8. The highest BCUT2D eigenvalue weighted by Gasteiger charge is 2.69. The summed E-state index contributed by atoms with van der Waals surface area (Å²) in [6.07, 6.45) is 21.7. The highest BCUT2D eigenvalue weighted by molar-refractivity contribution is 5.84. The Morgan fingerprint density at radius 2 is 1.31 bits per heavy atom. The molecule has 0 saturated heterocycles. The fourth-order valence-electron chi connectivity index (χ4n) is 13.8. The molecule has 0 bridgehead atoms. The first-order chi connectivity index (χ1) is 23.8. The predicted octanol–water partition coefficient (Wildman–Crippen LogP) is 14.2. The van der Waals surface area contributed by atoms with E-state index in [1.807, 2.05) is 0 Å². The number of rotatable bonds is 15. The number of fused-ring (bicyclic) bond motifs is 7. The lowest BCUT2D eigenvalue weighted by Gasteiger charge is -2.71. The minimum Gasteiger partial charge on any atom is -0.299 e. The number of ketones is 2. The van der Waals surface area contributed by atoms with Gasteiger partial charge in [0.15, 0.2) is 0 Å². The van der Waals surface area contributed by atoms with Crippen LogP contribution in [0.2, 0.25) is 0 Å². The number of carbonyl (C=O) groups is 2. The molecule has 5 aliphatic carbocycles. The minimum absolute atomic E-state index is 0.0370. The summed E-state index contributed by atoms with van der Waals surface area (Å²) in [7, 11) is 0. The Hall–Kier alpha value is -1.13. The van der Waals surface area contributed by atoms with Crippen LogP contribution in [0, 0.1) is 56.2 Å². The van der Waals surface area contributed by atoms with E-state index in [2.05, 4.69) is 61.5 Å². The average molecular weight is 717 g/mol. The van der Waals surface area contributed by atoms with Gasteiger partial charge in [-0.15, -0.1) is 0 Å². The van der Waals surface area contributed by atoms with Crippen LogP contribution in [0.4, 0.5) is 13.2 Å². The second-order valence-electron chi connectivity index (χ2n) is 20.8. The Kier molecular flexibility index (Phi) is 12.2. The number of alkyl halides is 3. The number of unbranched alkanes of at least 4 members (excludes halogenated alkanes) is 10. The van der Waals surface area contributed by atoms with Gasteiger partial charge in [-0.1, -0.05) is 131 Å². The molecule has 5 rings (SSSR count). The molecule has 0 amide bonds. The molecule has 0 aromatic carbocycles. The van der Waals surface area contributed by atoms with E-state index in [1.54, 1.807) is 0 Å². The summed E-state index contributed by atoms with van der Waals surface area (Å²) in [5, 5.41) is 0. The average Bonchev–Trinajstić information content (AvgIpc) is 3.03. The van der Waals surface area contributed by atoms with Crippen molar-refractivity contribution in [3.8, 4) is 0 Å². The van der Waals surface area contributed by atoms with Crippen molar-refractivity contribution in [1.82, 2.24) is 0 Å². The Morgan fingerprint density at radius 1 is 0.725 bits per heavy atom. The van der Waals surface area contributed by atoms with Crippen molar-refractivity contribution in [2.75, 3.05) is 0 Å². The minimum atomic E-state index is -4.77. The molecule has 4 fully saturated rings. The monoisotopic (exact) mass is 717 g/mol. The van der Waals surface area contributed by atoms with Gasteiger partial charge in [0, 0.05) is 18.8 Å². The number of carbonyl (C=O) groups excluding carboxylic acids is 2. The third-order valence-electron chi connectivity index (χ3n) is 17.1. The van der Waals surface area contributed by atoms with Crippen LogP contribution < -0.4 is 0 Å². The van der Waals surface area contributed by atoms with Gasteiger partial charge < -0.3 is 0 Å². The Bertz CT molecular complexity index is 1280. The molecule has 5 heteroatoms. The zero-order valence-electron chi connectivity index (χ0n) is 34.1. The van der Waals surface area contributed by atoms with Crippen molar-refractivity contribution in [3.05, 3.63) is 11.6 Å². The van der Waals surface area contributed by atoms with E-state index in [-0.39, 0.29) is 45.3 Å². The van der Waals surface area contributed by atoms with Crippen molar-refractivity contribution in [2.24, 2.45) is 56.2 Å². The summed E-state index contributed by atoms with van der Waals surface area (Å²) in [5.74, 6) is 0.124. The number of Topliss-reactive ketones (excluding diaryl/α,β-unsaturated/α-hetero) is 2. The first kappa shape index (κ1) is 41.0. The molecule has 0 aromatic heterocycles. The highest BCUT2D eigenvalue weighted by atomic mass is 19.4. The third kappa shape index (κ3) is 7.73. The number of allylic oxidation sites excluding steroid dienone is 2. The van der Waals surface area contributed by atoms with E-state index in [0.717, 1.165) is 64.2 Å². The van der Waals surface area contributed by atoms with Gasteiger partial charge in [-0.2, -0.15) is 13.2 Å². The van der Waals surface area contributed by atoms with Gasteiger partial charge in [-0.05, 0) is 121 Å². The molecule has 5 aliphatic rings. The molecule has 292 valence electrons. The molecule has 0 radical (unpaired) electrons. The largest absolute Gasteiger partial charge is 0.449 e. The highest BCUT2D eigenvalue weighted by Crippen LogP contribution is 2.76. The zero-order chi connectivity index (χ0) is 37.5. The normalized spacial score (nSPS) is 38.5. The van der Waals surface area contributed by atoms with Gasteiger partial charge >= 0.3 is 6.18 Å². The quantitative estimate of drug-likeness (QED) is 0.125. The standard InChI is InChI=1S/C46H75F3O2/c1-9-10-11-12-13-14-15-16-17-18-19-20-36(50)34-23-25-42(6)37(41(34,4)5)24-26-44(8)38(42)22-21-33-35-31-40(2,3)27-29-45(35,30-28-43(33,44)7)32-39(51)46(47,48)49/h21,34-35,37-38H,9-20,22-32H2,1-8H3/t34-,35+,37+,38-,42+,43-,44-,45-/m1/s1. The molecular formula is C46H75F3O2. The summed E-state index contributed by atoms with van der Waals surface area (Å²) < 4.78 is 41.2. The molecule has 0 unspecified atom stereocenters. The van der Waals surface area contributed by atoms with Crippen LogP contribution in [0.25, 0.3) is 0 Å². The van der Waals surface area contributed by atoms with Gasteiger partial charge in [0.05, 0.1) is 0 Å². The van der Waals surface area contributed by atoms with Gasteiger partial charge in [-0.25, -0.2) is 0 Å². The maximum Gasteiger partial charge on any atom is 0.449 e. The predicted molar refractivity (Wildman–Crippen MR) is 204 cm³/mol. The van der Waals surface area contributed by atoms with E-state index < -0.39 is 17.4 Å². The molecular weight excluding hydrogens is 641 g/mol. The van der Waals surface area contributed by atoms with Gasteiger partial charge in [0.1, 0.15) is 5.78 Å². The fraction of sp³-hybridized carbons (Fsp3) is 0.913. The van der Waals surface area contributed by atoms with Crippen LogP contribution in [0.5, 0.6) is 0 Å². The molecule has 51 heavy (non-hydrogen) atoms. The topological polar surface area (TPSA) is 34.1 Å². The van der Waals surface area contributed by atoms with E-state index >= 15 is 0 Å². The second kappa shape index (κ2) is 15.2. The first-order valence-corrected chi connectivity index (χ1v) is 21.6. The Labute approximate surface area is 310 Å². The van der Waals surface area contributed by atoms with Gasteiger partial charge in [0.2, 0.25) is 5.78 Å². The lowest BCUT2D eigenvalue weighted by Crippen LogP contribution is -2.64. The summed E-state index contributed by atoms with van der Waals surface area (Å²) in [6.45, 7) is 19.2. The summed E-state index contributed by atoms with van der Waals surface area (Å²) in [6, 6.07) is 0. The van der Waals surface area contributed by atoms with E-state index in [1.165, 1.54) is 69.8 Å². The second-order valence-corrected chi connectivity index (χ2v) is 20.8. The molecule has 2 nitrogen and oxygen atoms in total. The van der Waals surface area contributed by atoms with E-state index in [9.17, 15) is 22.8 Å². The summed E-state index contributed by atoms with van der Waals surface area (Å²) >= 11 is 0. The van der Waals surface area contributed by atoms with E-state index in [4.69, 9.17) is 0 Å². The molecule has 0 spiro atoms. The van der Waals surface area contributed by atoms with Gasteiger partial charge in [0.25, 0.3) is 0 Å². The SMILES string of the molecule is CCCCCCCCCCCCCC(=O)[C@H]1CC[C@]2(C)[C@H]3CC=C4[C@@H]5CC(C)(C)CC[C@]5(CC(=O)C(F)(F)F)CC[C@@]4(C)[C@]3(C)CC[C@H]2C1(C)C. The van der Waals surface area contributed by atoms with E-state index in [0.29, 0.717) is 30.5 Å². The molecule has 0 aromatic rings. The van der Waals surface area contributed by atoms with Crippen LogP contribution in [0.3, 0.4) is 0 Å². The summed E-state index contributed by atoms with van der Waals surface area (Å²) in [5.41, 5.74) is 0.922.